The second-order valence-electron chi connectivity index (χ2n) is 3.19. The Morgan fingerprint density at radius 1 is 1.67 bits per heavy atom. The summed E-state index contributed by atoms with van der Waals surface area (Å²) in [6.45, 7) is 1.62. The van der Waals surface area contributed by atoms with E-state index in [-0.39, 0.29) is 18.1 Å². The summed E-state index contributed by atoms with van der Waals surface area (Å²) < 4.78 is 30.5. The zero-order valence-electron chi connectivity index (χ0n) is 9.41. The molecule has 18 heavy (non-hydrogen) atoms. The predicted octanol–water partition coefficient (Wildman–Crippen LogP) is 2.81. The Morgan fingerprint density at radius 2 is 2.33 bits per heavy atom. The number of hydrogen-bond acceptors (Lipinski definition) is 4. The number of esters is 1. The molecule has 0 bridgehead atoms. The number of nitriles is 1. The minimum Gasteiger partial charge on any atom is -0.461 e. The van der Waals surface area contributed by atoms with Crippen LogP contribution in [0.1, 0.15) is 40.5 Å². The van der Waals surface area contributed by atoms with Crippen LogP contribution < -0.4 is 0 Å². The molecule has 0 atom stereocenters. The fourth-order valence-corrected chi connectivity index (χ4v) is 1.60. The third kappa shape index (κ3) is 2.74. The highest BCUT2D eigenvalue weighted by Gasteiger charge is 2.25. The third-order valence-electron chi connectivity index (χ3n) is 2.14. The number of alkyl halides is 3. The van der Waals surface area contributed by atoms with Crippen LogP contribution in [-0.2, 0) is 10.6 Å². The number of pyridine rings is 1. The van der Waals surface area contributed by atoms with Crippen LogP contribution >= 0.6 is 11.6 Å². The van der Waals surface area contributed by atoms with Gasteiger partial charge in [-0.15, -0.1) is 11.6 Å². The van der Waals surface area contributed by atoms with Crippen LogP contribution in [0.5, 0.6) is 0 Å². The highest BCUT2D eigenvalue weighted by atomic mass is 35.5. The van der Waals surface area contributed by atoms with Crippen molar-refractivity contribution in [1.82, 2.24) is 4.98 Å². The smallest absolute Gasteiger partial charge is 0.358 e. The lowest BCUT2D eigenvalue weighted by Crippen LogP contribution is -2.13. The van der Waals surface area contributed by atoms with Crippen molar-refractivity contribution in [2.24, 2.45) is 0 Å². The van der Waals surface area contributed by atoms with Crippen molar-refractivity contribution in [2.75, 3.05) is 6.61 Å². The molecule has 0 unspecified atom stereocenters. The number of aromatic nitrogens is 1. The third-order valence-corrected chi connectivity index (χ3v) is 2.43. The minimum absolute atomic E-state index is 0.0243. The van der Waals surface area contributed by atoms with Gasteiger partial charge in [0.05, 0.1) is 12.2 Å². The summed E-state index contributed by atoms with van der Waals surface area (Å²) >= 11 is 5.50. The van der Waals surface area contributed by atoms with Gasteiger partial charge in [-0.05, 0) is 12.5 Å². The molecule has 0 aliphatic rings. The number of carbonyl (C=O) groups is 1. The molecule has 96 valence electrons. The molecule has 0 aliphatic heterocycles. The quantitative estimate of drug-likeness (QED) is 0.625. The number of hydrogen-bond donors (Lipinski definition) is 0. The van der Waals surface area contributed by atoms with Crippen molar-refractivity contribution < 1.29 is 18.3 Å². The highest BCUT2D eigenvalue weighted by Crippen LogP contribution is 2.29. The molecule has 0 saturated heterocycles. The zero-order chi connectivity index (χ0) is 13.7. The molecule has 0 spiro atoms. The van der Waals surface area contributed by atoms with Crippen LogP contribution in [0.2, 0.25) is 0 Å². The Bertz CT molecular complexity index is 501. The van der Waals surface area contributed by atoms with Crippen LogP contribution in [0.25, 0.3) is 0 Å². The van der Waals surface area contributed by atoms with Gasteiger partial charge in [-0.1, -0.05) is 0 Å². The molecule has 0 saturated carbocycles. The molecule has 1 aromatic heterocycles. The maximum Gasteiger partial charge on any atom is 0.358 e. The average molecular weight is 275 g/mol. The molecule has 1 aromatic rings. The first-order valence-electron chi connectivity index (χ1n) is 4.99. The summed E-state index contributed by atoms with van der Waals surface area (Å²) in [6.07, 6.45) is -1.86. The lowest BCUT2D eigenvalue weighted by atomic mass is 10.0. The van der Waals surface area contributed by atoms with Crippen molar-refractivity contribution in [2.45, 2.75) is 19.2 Å². The van der Waals surface area contributed by atoms with Gasteiger partial charge in [0.1, 0.15) is 6.07 Å². The summed E-state index contributed by atoms with van der Waals surface area (Å²) in [6, 6.07) is 1.56. The Labute approximate surface area is 107 Å². The van der Waals surface area contributed by atoms with E-state index in [4.69, 9.17) is 16.9 Å². The van der Waals surface area contributed by atoms with E-state index >= 15 is 0 Å². The number of nitrogens with zero attached hydrogens (tertiary/aromatic N) is 2. The molecule has 1 heterocycles. The van der Waals surface area contributed by atoms with Gasteiger partial charge in [-0.2, -0.15) is 5.26 Å². The van der Waals surface area contributed by atoms with E-state index in [9.17, 15) is 13.6 Å². The number of halogens is 3. The van der Waals surface area contributed by atoms with Gasteiger partial charge >= 0.3 is 5.97 Å². The van der Waals surface area contributed by atoms with E-state index in [0.717, 1.165) is 6.20 Å². The Hall–Kier alpha value is -1.74. The Kier molecular flexibility index (Phi) is 4.98. The van der Waals surface area contributed by atoms with Crippen LogP contribution in [0, 0.1) is 11.3 Å². The number of rotatable bonds is 4. The number of carbonyl (C=O) groups excluding carboxylic acids is 1. The summed E-state index contributed by atoms with van der Waals surface area (Å²) in [5.41, 5.74) is -1.44. The fourth-order valence-electron chi connectivity index (χ4n) is 1.39. The first kappa shape index (κ1) is 14.3. The van der Waals surface area contributed by atoms with Crippen molar-refractivity contribution in [3.8, 4) is 6.07 Å². The molecular weight excluding hydrogens is 266 g/mol. The second kappa shape index (κ2) is 6.26. The zero-order valence-corrected chi connectivity index (χ0v) is 10.2. The summed E-state index contributed by atoms with van der Waals surface area (Å²) in [7, 11) is 0. The van der Waals surface area contributed by atoms with E-state index in [1.54, 1.807) is 13.0 Å². The summed E-state index contributed by atoms with van der Waals surface area (Å²) in [5.74, 6) is -1.12. The first-order valence-corrected chi connectivity index (χ1v) is 5.53. The van der Waals surface area contributed by atoms with Crippen LogP contribution in [-0.4, -0.2) is 17.6 Å². The topological polar surface area (TPSA) is 63.0 Å². The molecule has 1 rings (SSSR count). The summed E-state index contributed by atoms with van der Waals surface area (Å²) in [5, 5.41) is 8.91. The monoisotopic (exact) mass is 274 g/mol. The molecule has 7 heteroatoms. The Balaban J connectivity index is 3.44. The molecule has 4 nitrogen and oxygen atoms in total. The van der Waals surface area contributed by atoms with Crippen molar-refractivity contribution in [1.29, 1.82) is 5.26 Å². The lowest BCUT2D eigenvalue weighted by Gasteiger charge is -2.11. The van der Waals surface area contributed by atoms with Crippen LogP contribution in [0.4, 0.5) is 8.78 Å². The molecular formula is C11H9ClF2N2O2. The minimum atomic E-state index is -2.91. The van der Waals surface area contributed by atoms with Gasteiger partial charge in [0.15, 0.2) is 5.69 Å². The van der Waals surface area contributed by atoms with Crippen molar-refractivity contribution >= 4 is 17.6 Å². The first-order chi connectivity index (χ1) is 8.56. The highest BCUT2D eigenvalue weighted by molar-refractivity contribution is 6.17. The maximum absolute atomic E-state index is 12.9. The maximum atomic E-state index is 12.9. The van der Waals surface area contributed by atoms with Gasteiger partial charge in [0.25, 0.3) is 6.43 Å². The van der Waals surface area contributed by atoms with E-state index in [1.165, 1.54) is 0 Å². The largest absolute Gasteiger partial charge is 0.461 e. The van der Waals surface area contributed by atoms with Crippen LogP contribution in [0.3, 0.4) is 0 Å². The standard InChI is InChI=1S/C11H9ClF2N2O2/c1-2-18-11(17)9-7(4-15)8(10(13)14)6(3-12)5-16-9/h5,10H,2-3H2,1H3. The van der Waals surface area contributed by atoms with Gasteiger partial charge in [0.2, 0.25) is 0 Å². The van der Waals surface area contributed by atoms with E-state index < -0.39 is 29.2 Å². The molecule has 0 aromatic carbocycles. The summed E-state index contributed by atoms with van der Waals surface area (Å²) in [4.78, 5) is 15.2. The number of ether oxygens (including phenoxy) is 1. The van der Waals surface area contributed by atoms with Gasteiger partial charge in [-0.3, -0.25) is 0 Å². The van der Waals surface area contributed by atoms with E-state index in [1.807, 2.05) is 0 Å². The SMILES string of the molecule is CCOC(=O)c1ncc(CCl)c(C(F)F)c1C#N. The molecule has 0 fully saturated rings. The molecule has 0 aliphatic carbocycles. The van der Waals surface area contributed by atoms with Crippen molar-refractivity contribution in [3.63, 3.8) is 0 Å². The fraction of sp³-hybridized carbons (Fsp3) is 0.364. The van der Waals surface area contributed by atoms with Gasteiger partial charge in [0, 0.05) is 17.6 Å². The second-order valence-corrected chi connectivity index (χ2v) is 3.45. The molecule has 0 amide bonds. The van der Waals surface area contributed by atoms with Crippen LogP contribution in [0.15, 0.2) is 6.20 Å². The molecule has 0 N–H and O–H groups in total. The Morgan fingerprint density at radius 3 is 2.78 bits per heavy atom. The van der Waals surface area contributed by atoms with Crippen molar-refractivity contribution in [3.05, 3.63) is 28.6 Å². The lowest BCUT2D eigenvalue weighted by molar-refractivity contribution is 0.0518. The van der Waals surface area contributed by atoms with E-state index in [0.29, 0.717) is 0 Å². The van der Waals surface area contributed by atoms with Gasteiger partial charge in [-0.25, -0.2) is 18.6 Å². The van der Waals surface area contributed by atoms with Gasteiger partial charge < -0.3 is 4.74 Å². The van der Waals surface area contributed by atoms with E-state index in [2.05, 4.69) is 9.72 Å². The average Bonchev–Trinajstić information content (AvgIpc) is 2.36. The normalized spacial score (nSPS) is 10.2. The molecule has 0 radical (unpaired) electrons. The predicted molar refractivity (Wildman–Crippen MR) is 59.4 cm³/mol.